The first-order valence-electron chi connectivity index (χ1n) is 9.75. The van der Waals surface area contributed by atoms with Crippen molar-refractivity contribution < 1.29 is 14.6 Å². The Bertz CT molecular complexity index is 1150. The lowest BCUT2D eigenvalue weighted by Crippen LogP contribution is -2.08. The number of aromatic nitrogens is 1. The molecule has 0 bridgehead atoms. The van der Waals surface area contributed by atoms with Crippen LogP contribution in [0.25, 0.3) is 10.9 Å². The lowest BCUT2D eigenvalue weighted by Gasteiger charge is -2.10. The molecular weight excluding hydrogens is 362 g/mol. The molecule has 3 aromatic carbocycles. The SMILES string of the molecule is CCOC(=O)c1cc(O)ccc1Cc1ccc2c(ccn2Cc2ccccc2)c1. The first-order valence-corrected chi connectivity index (χ1v) is 9.75. The number of nitrogens with zero attached hydrogens (tertiary/aromatic N) is 1. The zero-order valence-electron chi connectivity index (χ0n) is 16.3. The van der Waals surface area contributed by atoms with Crippen LogP contribution in [0.1, 0.15) is 34.0 Å². The summed E-state index contributed by atoms with van der Waals surface area (Å²) in [7, 11) is 0. The highest BCUT2D eigenvalue weighted by Gasteiger charge is 2.14. The van der Waals surface area contributed by atoms with Crippen molar-refractivity contribution in [1.29, 1.82) is 0 Å². The fraction of sp³-hybridized carbons (Fsp3) is 0.160. The molecule has 1 N–H and O–H groups in total. The molecule has 29 heavy (non-hydrogen) atoms. The van der Waals surface area contributed by atoms with Gasteiger partial charge in [0.1, 0.15) is 5.75 Å². The van der Waals surface area contributed by atoms with Gasteiger partial charge in [0.2, 0.25) is 0 Å². The summed E-state index contributed by atoms with van der Waals surface area (Å²) in [5, 5.41) is 10.9. The molecule has 0 aliphatic heterocycles. The van der Waals surface area contributed by atoms with Crippen molar-refractivity contribution in [3.8, 4) is 5.75 Å². The van der Waals surface area contributed by atoms with Gasteiger partial charge in [0.15, 0.2) is 0 Å². The summed E-state index contributed by atoms with van der Waals surface area (Å²) < 4.78 is 7.37. The summed E-state index contributed by atoms with van der Waals surface area (Å²) >= 11 is 0. The predicted octanol–water partition coefficient (Wildman–Crippen LogP) is 5.16. The first-order chi connectivity index (χ1) is 14.1. The van der Waals surface area contributed by atoms with Crippen molar-refractivity contribution >= 4 is 16.9 Å². The number of aromatic hydroxyl groups is 1. The van der Waals surface area contributed by atoms with Crippen LogP contribution in [0.4, 0.5) is 0 Å². The van der Waals surface area contributed by atoms with Crippen LogP contribution < -0.4 is 0 Å². The number of hydrogen-bond donors (Lipinski definition) is 1. The van der Waals surface area contributed by atoms with Crippen molar-refractivity contribution in [1.82, 2.24) is 4.57 Å². The third-order valence-electron chi connectivity index (χ3n) is 5.01. The Labute approximate surface area is 170 Å². The van der Waals surface area contributed by atoms with E-state index in [1.165, 1.54) is 17.1 Å². The highest BCUT2D eigenvalue weighted by atomic mass is 16.5. The lowest BCUT2D eigenvalue weighted by atomic mass is 9.98. The van der Waals surface area contributed by atoms with Gasteiger partial charge in [-0.2, -0.15) is 0 Å². The molecule has 4 heteroatoms. The van der Waals surface area contributed by atoms with Crippen LogP contribution in [0, 0.1) is 0 Å². The number of ether oxygens (including phenoxy) is 1. The van der Waals surface area contributed by atoms with E-state index < -0.39 is 5.97 Å². The third-order valence-corrected chi connectivity index (χ3v) is 5.01. The van der Waals surface area contributed by atoms with Gasteiger partial charge < -0.3 is 14.4 Å². The molecule has 0 unspecified atom stereocenters. The normalized spacial score (nSPS) is 10.9. The second-order valence-corrected chi connectivity index (χ2v) is 7.06. The van der Waals surface area contributed by atoms with Crippen molar-refractivity contribution in [3.05, 3.63) is 101 Å². The second kappa shape index (κ2) is 8.23. The summed E-state index contributed by atoms with van der Waals surface area (Å²) in [6.07, 6.45) is 2.69. The maximum absolute atomic E-state index is 12.3. The van der Waals surface area contributed by atoms with Crippen molar-refractivity contribution in [2.24, 2.45) is 0 Å². The van der Waals surface area contributed by atoms with E-state index in [9.17, 15) is 9.90 Å². The van der Waals surface area contributed by atoms with Gasteiger partial charge in [-0.05, 0) is 65.8 Å². The van der Waals surface area contributed by atoms with Crippen molar-refractivity contribution in [2.45, 2.75) is 19.9 Å². The summed E-state index contributed by atoms with van der Waals surface area (Å²) in [6, 6.07) is 23.7. The minimum atomic E-state index is -0.409. The maximum atomic E-state index is 12.3. The molecule has 0 aliphatic rings. The summed E-state index contributed by atoms with van der Waals surface area (Å²) in [5.41, 5.74) is 4.79. The topological polar surface area (TPSA) is 51.5 Å². The lowest BCUT2D eigenvalue weighted by molar-refractivity contribution is 0.0525. The van der Waals surface area contributed by atoms with Gasteiger partial charge in [0.25, 0.3) is 0 Å². The van der Waals surface area contributed by atoms with Gasteiger partial charge in [-0.15, -0.1) is 0 Å². The van der Waals surface area contributed by atoms with E-state index in [1.54, 1.807) is 19.1 Å². The Hall–Kier alpha value is -3.53. The molecule has 1 aromatic heterocycles. The third kappa shape index (κ3) is 4.16. The number of carbonyl (C=O) groups excluding carboxylic acids is 1. The Kier molecular flexibility index (Phi) is 5.34. The fourth-order valence-corrected chi connectivity index (χ4v) is 3.61. The van der Waals surface area contributed by atoms with Crippen LogP contribution >= 0.6 is 0 Å². The smallest absolute Gasteiger partial charge is 0.338 e. The van der Waals surface area contributed by atoms with Gasteiger partial charge >= 0.3 is 5.97 Å². The van der Waals surface area contributed by atoms with E-state index in [0.29, 0.717) is 18.6 Å². The molecule has 4 aromatic rings. The van der Waals surface area contributed by atoms with E-state index in [4.69, 9.17) is 4.74 Å². The highest BCUT2D eigenvalue weighted by Crippen LogP contribution is 2.24. The van der Waals surface area contributed by atoms with E-state index in [-0.39, 0.29) is 5.75 Å². The number of fused-ring (bicyclic) bond motifs is 1. The number of hydrogen-bond acceptors (Lipinski definition) is 3. The summed E-state index contributed by atoms with van der Waals surface area (Å²) in [4.78, 5) is 12.3. The van der Waals surface area contributed by atoms with Gasteiger partial charge in [0, 0.05) is 18.3 Å². The Morgan fingerprint density at radius 1 is 0.966 bits per heavy atom. The molecule has 0 amide bonds. The molecule has 0 fully saturated rings. The number of rotatable bonds is 6. The predicted molar refractivity (Wildman–Crippen MR) is 114 cm³/mol. The van der Waals surface area contributed by atoms with Crippen LogP contribution in [-0.4, -0.2) is 22.2 Å². The average molecular weight is 385 g/mol. The van der Waals surface area contributed by atoms with E-state index in [1.807, 2.05) is 6.07 Å². The molecule has 1 heterocycles. The van der Waals surface area contributed by atoms with Gasteiger partial charge in [-0.25, -0.2) is 4.79 Å². The van der Waals surface area contributed by atoms with E-state index in [2.05, 4.69) is 59.3 Å². The van der Waals surface area contributed by atoms with Gasteiger partial charge in [0.05, 0.1) is 12.2 Å². The summed E-state index contributed by atoms with van der Waals surface area (Å²) in [5.74, 6) is -0.348. The van der Waals surface area contributed by atoms with Crippen LogP contribution in [0.5, 0.6) is 5.75 Å². The molecular formula is C25H23NO3. The fourth-order valence-electron chi connectivity index (χ4n) is 3.61. The molecule has 4 rings (SSSR count). The zero-order valence-corrected chi connectivity index (χ0v) is 16.3. The highest BCUT2D eigenvalue weighted by molar-refractivity contribution is 5.92. The van der Waals surface area contributed by atoms with Crippen molar-refractivity contribution in [2.75, 3.05) is 6.61 Å². The number of esters is 1. The Balaban J connectivity index is 1.61. The molecule has 0 radical (unpaired) electrons. The molecule has 0 saturated carbocycles. The molecule has 0 aliphatic carbocycles. The van der Waals surface area contributed by atoms with Gasteiger partial charge in [-0.1, -0.05) is 42.5 Å². The molecule has 146 valence electrons. The average Bonchev–Trinajstić information content (AvgIpc) is 3.12. The zero-order chi connectivity index (χ0) is 20.2. The largest absolute Gasteiger partial charge is 0.508 e. The minimum absolute atomic E-state index is 0.0604. The number of benzene rings is 3. The van der Waals surface area contributed by atoms with E-state index >= 15 is 0 Å². The van der Waals surface area contributed by atoms with Gasteiger partial charge in [-0.3, -0.25) is 0 Å². The molecule has 0 atom stereocenters. The number of phenols is 1. The van der Waals surface area contributed by atoms with E-state index in [0.717, 1.165) is 23.1 Å². The Morgan fingerprint density at radius 3 is 2.59 bits per heavy atom. The minimum Gasteiger partial charge on any atom is -0.508 e. The number of carbonyl (C=O) groups is 1. The van der Waals surface area contributed by atoms with Crippen LogP contribution in [0.15, 0.2) is 79.0 Å². The van der Waals surface area contributed by atoms with Crippen molar-refractivity contribution in [3.63, 3.8) is 0 Å². The summed E-state index contributed by atoms with van der Waals surface area (Å²) in [6.45, 7) is 2.90. The van der Waals surface area contributed by atoms with Crippen LogP contribution in [-0.2, 0) is 17.7 Å². The quantitative estimate of drug-likeness (QED) is 0.466. The number of phenolic OH excluding ortho intramolecular Hbond substituents is 1. The standard InChI is InChI=1S/C25H23NO3/c1-2-29-25(28)23-16-22(27)10-9-20(23)14-19-8-11-24-21(15-19)12-13-26(24)17-18-6-4-3-5-7-18/h3-13,15-16,27H,2,14,17H2,1H3. The van der Waals surface area contributed by atoms with Crippen LogP contribution in [0.2, 0.25) is 0 Å². The Morgan fingerprint density at radius 2 is 1.79 bits per heavy atom. The first kappa shape index (κ1) is 18.8. The molecule has 0 spiro atoms. The molecule has 4 nitrogen and oxygen atoms in total. The molecule has 0 saturated heterocycles. The maximum Gasteiger partial charge on any atom is 0.338 e. The van der Waals surface area contributed by atoms with Crippen LogP contribution in [0.3, 0.4) is 0 Å². The second-order valence-electron chi connectivity index (χ2n) is 7.06. The monoisotopic (exact) mass is 385 g/mol.